The Morgan fingerprint density at radius 2 is 1.95 bits per heavy atom. The van der Waals surface area contributed by atoms with E-state index in [4.69, 9.17) is 10.00 Å². The van der Waals surface area contributed by atoms with Gasteiger partial charge in [-0.15, -0.1) is 0 Å². The van der Waals surface area contributed by atoms with Crippen molar-refractivity contribution in [2.24, 2.45) is 0 Å². The smallest absolute Gasteiger partial charge is 0.166 e. The summed E-state index contributed by atoms with van der Waals surface area (Å²) in [7, 11) is 0. The molecule has 0 aliphatic heterocycles. The van der Waals surface area contributed by atoms with E-state index in [0.717, 1.165) is 5.56 Å². The topological polar surface area (TPSA) is 53.2 Å². The monoisotopic (exact) mass is 271 g/mol. The second-order valence-electron chi connectivity index (χ2n) is 4.45. The summed E-state index contributed by atoms with van der Waals surface area (Å²) in [4.78, 5) is 0. The zero-order chi connectivity index (χ0) is 14.5. The molecule has 102 valence electrons. The van der Waals surface area contributed by atoms with Crippen LogP contribution in [0.3, 0.4) is 0 Å². The Kier molecular flexibility index (Phi) is 4.34. The van der Waals surface area contributed by atoms with Crippen molar-refractivity contribution < 1.29 is 14.2 Å². The van der Waals surface area contributed by atoms with Gasteiger partial charge in [-0.3, -0.25) is 0 Å². The molecule has 1 N–H and O–H groups in total. The molecule has 0 amide bonds. The summed E-state index contributed by atoms with van der Waals surface area (Å²) in [5, 5.41) is 18.0. The Labute approximate surface area is 116 Å². The van der Waals surface area contributed by atoms with Crippen LogP contribution in [0, 0.1) is 17.1 Å². The summed E-state index contributed by atoms with van der Waals surface area (Å²) in [5.41, 5.74) is 1.38. The van der Waals surface area contributed by atoms with Crippen molar-refractivity contribution in [3.8, 4) is 17.6 Å². The maximum atomic E-state index is 13.8. The van der Waals surface area contributed by atoms with Crippen LogP contribution in [0.15, 0.2) is 42.5 Å². The Bertz CT molecular complexity index is 630. The maximum absolute atomic E-state index is 13.8. The number of aliphatic hydroxyl groups excluding tert-OH is 1. The number of hydrogen-bond donors (Lipinski definition) is 1. The molecule has 20 heavy (non-hydrogen) atoms. The molecule has 0 aliphatic rings. The number of rotatable bonds is 4. The summed E-state index contributed by atoms with van der Waals surface area (Å²) in [6, 6.07) is 13.3. The highest BCUT2D eigenvalue weighted by molar-refractivity contribution is 5.36. The van der Waals surface area contributed by atoms with E-state index in [9.17, 15) is 9.50 Å². The van der Waals surface area contributed by atoms with Crippen LogP contribution in [0.1, 0.15) is 24.2 Å². The molecule has 0 radical (unpaired) electrons. The van der Waals surface area contributed by atoms with E-state index in [-0.39, 0.29) is 5.75 Å². The molecule has 0 aromatic heterocycles. The van der Waals surface area contributed by atoms with Gasteiger partial charge in [0.15, 0.2) is 11.6 Å². The fourth-order valence-electron chi connectivity index (χ4n) is 1.75. The lowest BCUT2D eigenvalue weighted by molar-refractivity contribution is 0.198. The Morgan fingerprint density at radius 1 is 1.25 bits per heavy atom. The number of halogens is 1. The largest absolute Gasteiger partial charge is 0.454 e. The Morgan fingerprint density at radius 3 is 2.50 bits per heavy atom. The standard InChI is InChI=1S/C16H14FNO2/c1-11(19)13-4-7-16(15(17)10-13)20-14-5-2-12(3-6-14)8-9-18/h2-7,10-11,19H,8H2,1H3. The second kappa shape index (κ2) is 6.18. The minimum atomic E-state index is -0.719. The van der Waals surface area contributed by atoms with Gasteiger partial charge in [0.2, 0.25) is 0 Å². The summed E-state index contributed by atoms with van der Waals surface area (Å²) < 4.78 is 19.3. The summed E-state index contributed by atoms with van der Waals surface area (Å²) in [6.07, 6.45) is -0.388. The van der Waals surface area contributed by atoms with Gasteiger partial charge >= 0.3 is 0 Å². The normalized spacial score (nSPS) is 11.7. The van der Waals surface area contributed by atoms with Crippen LogP contribution in [-0.2, 0) is 6.42 Å². The van der Waals surface area contributed by atoms with Crippen molar-refractivity contribution in [3.05, 3.63) is 59.4 Å². The van der Waals surface area contributed by atoms with Crippen molar-refractivity contribution >= 4 is 0 Å². The van der Waals surface area contributed by atoms with E-state index in [0.29, 0.717) is 17.7 Å². The molecule has 2 aromatic rings. The van der Waals surface area contributed by atoms with Gasteiger partial charge in [0, 0.05) is 0 Å². The van der Waals surface area contributed by atoms with Gasteiger partial charge in [0.1, 0.15) is 5.75 Å². The molecule has 3 nitrogen and oxygen atoms in total. The maximum Gasteiger partial charge on any atom is 0.166 e. The summed E-state index contributed by atoms with van der Waals surface area (Å²) >= 11 is 0. The zero-order valence-electron chi connectivity index (χ0n) is 11.0. The number of nitrogens with zero attached hydrogens (tertiary/aromatic N) is 1. The van der Waals surface area contributed by atoms with Gasteiger partial charge in [-0.2, -0.15) is 5.26 Å². The molecule has 0 spiro atoms. The van der Waals surface area contributed by atoms with E-state index >= 15 is 0 Å². The highest BCUT2D eigenvalue weighted by Gasteiger charge is 2.08. The van der Waals surface area contributed by atoms with E-state index in [2.05, 4.69) is 6.07 Å². The van der Waals surface area contributed by atoms with E-state index in [1.807, 2.05) is 0 Å². The predicted molar refractivity (Wildman–Crippen MR) is 72.9 cm³/mol. The number of aliphatic hydroxyl groups is 1. The fraction of sp³-hybridized carbons (Fsp3) is 0.188. The molecule has 1 atom stereocenters. The highest BCUT2D eigenvalue weighted by atomic mass is 19.1. The molecule has 0 fully saturated rings. The van der Waals surface area contributed by atoms with Crippen molar-refractivity contribution in [2.45, 2.75) is 19.4 Å². The first-order chi connectivity index (χ1) is 9.60. The van der Waals surface area contributed by atoms with Gasteiger partial charge in [-0.05, 0) is 42.3 Å². The van der Waals surface area contributed by atoms with Gasteiger partial charge < -0.3 is 9.84 Å². The summed E-state index contributed by atoms with van der Waals surface area (Å²) in [5.74, 6) is 0.0716. The molecule has 0 aliphatic carbocycles. The number of ether oxygens (including phenoxy) is 1. The van der Waals surface area contributed by atoms with Gasteiger partial charge in [0.05, 0.1) is 18.6 Å². The van der Waals surface area contributed by atoms with Gasteiger partial charge in [-0.25, -0.2) is 4.39 Å². The van der Waals surface area contributed by atoms with E-state index in [1.54, 1.807) is 37.3 Å². The van der Waals surface area contributed by atoms with Crippen LogP contribution in [0.4, 0.5) is 4.39 Å². The van der Waals surface area contributed by atoms with E-state index < -0.39 is 11.9 Å². The minimum absolute atomic E-state index is 0.0995. The van der Waals surface area contributed by atoms with Crippen LogP contribution < -0.4 is 4.74 Å². The average molecular weight is 271 g/mol. The molecule has 2 rings (SSSR count). The lowest BCUT2D eigenvalue weighted by Gasteiger charge is -2.10. The molecule has 0 bridgehead atoms. The minimum Gasteiger partial charge on any atom is -0.454 e. The fourth-order valence-corrected chi connectivity index (χ4v) is 1.75. The molecule has 0 saturated carbocycles. The predicted octanol–water partition coefficient (Wildman–Crippen LogP) is 3.74. The van der Waals surface area contributed by atoms with Gasteiger partial charge in [-0.1, -0.05) is 18.2 Å². The number of benzene rings is 2. The Hall–Kier alpha value is -2.38. The molecule has 2 aromatic carbocycles. The van der Waals surface area contributed by atoms with Crippen molar-refractivity contribution in [3.63, 3.8) is 0 Å². The quantitative estimate of drug-likeness (QED) is 0.921. The molecule has 1 unspecified atom stereocenters. The average Bonchev–Trinajstić information content (AvgIpc) is 2.43. The molecule has 0 heterocycles. The first-order valence-electron chi connectivity index (χ1n) is 6.21. The van der Waals surface area contributed by atoms with Crippen LogP contribution in [0.25, 0.3) is 0 Å². The molecule has 0 saturated heterocycles. The van der Waals surface area contributed by atoms with E-state index in [1.165, 1.54) is 12.1 Å². The third-order valence-corrected chi connectivity index (χ3v) is 2.87. The first-order valence-corrected chi connectivity index (χ1v) is 6.21. The third-order valence-electron chi connectivity index (χ3n) is 2.87. The lowest BCUT2D eigenvalue weighted by Crippen LogP contribution is -1.94. The lowest BCUT2D eigenvalue weighted by atomic mass is 10.1. The summed E-state index contributed by atoms with van der Waals surface area (Å²) in [6.45, 7) is 1.57. The first kappa shape index (κ1) is 14.0. The van der Waals surface area contributed by atoms with Crippen LogP contribution in [0.5, 0.6) is 11.5 Å². The van der Waals surface area contributed by atoms with Gasteiger partial charge in [0.25, 0.3) is 0 Å². The second-order valence-corrected chi connectivity index (χ2v) is 4.45. The SMILES string of the molecule is CC(O)c1ccc(Oc2ccc(CC#N)cc2)c(F)c1. The third kappa shape index (κ3) is 3.34. The highest BCUT2D eigenvalue weighted by Crippen LogP contribution is 2.27. The van der Waals surface area contributed by atoms with Crippen LogP contribution in [-0.4, -0.2) is 5.11 Å². The zero-order valence-corrected chi connectivity index (χ0v) is 11.0. The van der Waals surface area contributed by atoms with Crippen LogP contribution in [0.2, 0.25) is 0 Å². The Balaban J connectivity index is 2.15. The molecular formula is C16H14FNO2. The van der Waals surface area contributed by atoms with Crippen molar-refractivity contribution in [1.82, 2.24) is 0 Å². The van der Waals surface area contributed by atoms with Crippen molar-refractivity contribution in [1.29, 1.82) is 5.26 Å². The molecular weight excluding hydrogens is 257 g/mol. The van der Waals surface area contributed by atoms with Crippen LogP contribution >= 0.6 is 0 Å². The van der Waals surface area contributed by atoms with Crippen molar-refractivity contribution in [2.75, 3.05) is 0 Å². The number of nitriles is 1. The molecule has 4 heteroatoms. The number of hydrogen-bond acceptors (Lipinski definition) is 3.